The van der Waals surface area contributed by atoms with Gasteiger partial charge in [-0.05, 0) is 38.9 Å². The second-order valence-electron chi connectivity index (χ2n) is 5.71. The van der Waals surface area contributed by atoms with Crippen molar-refractivity contribution in [2.45, 2.75) is 58.4 Å². The smallest absolute Gasteiger partial charge is 0.224 e. The first-order valence-electron chi connectivity index (χ1n) is 7.93. The van der Waals surface area contributed by atoms with Crippen LogP contribution in [0.1, 0.15) is 52.4 Å². The van der Waals surface area contributed by atoms with Crippen molar-refractivity contribution in [3.63, 3.8) is 0 Å². The molecule has 0 aromatic heterocycles. The van der Waals surface area contributed by atoms with E-state index in [4.69, 9.17) is 5.73 Å². The minimum atomic E-state index is 0.0591. The summed E-state index contributed by atoms with van der Waals surface area (Å²) >= 11 is 0. The Bertz CT molecular complexity index is 250. The van der Waals surface area contributed by atoms with Crippen LogP contribution in [0, 0.1) is 0 Å². The summed E-state index contributed by atoms with van der Waals surface area (Å²) in [6, 6.07) is 0.0591. The second-order valence-corrected chi connectivity index (χ2v) is 5.71. The maximum atomic E-state index is 11.6. The third kappa shape index (κ3) is 6.39. The van der Waals surface area contributed by atoms with Crippen LogP contribution < -0.4 is 5.73 Å². The molecule has 1 saturated heterocycles. The lowest BCUT2D eigenvalue weighted by molar-refractivity contribution is -0.127. The van der Waals surface area contributed by atoms with Crippen LogP contribution >= 0.6 is 0 Å². The van der Waals surface area contributed by atoms with Crippen LogP contribution in [0.15, 0.2) is 0 Å². The second kappa shape index (κ2) is 9.32. The van der Waals surface area contributed by atoms with Crippen molar-refractivity contribution < 1.29 is 4.79 Å². The first kappa shape index (κ1) is 16.4. The zero-order valence-corrected chi connectivity index (χ0v) is 12.7. The molecule has 1 rings (SSSR count). The number of rotatable bonds is 10. The van der Waals surface area contributed by atoms with Crippen molar-refractivity contribution in [1.82, 2.24) is 9.80 Å². The normalized spacial score (nSPS) is 19.7. The third-order valence-corrected chi connectivity index (χ3v) is 3.80. The summed E-state index contributed by atoms with van der Waals surface area (Å²) in [6.07, 6.45) is 6.67. The van der Waals surface area contributed by atoms with E-state index in [9.17, 15) is 4.79 Å². The predicted molar refractivity (Wildman–Crippen MR) is 80.0 cm³/mol. The van der Waals surface area contributed by atoms with E-state index in [1.807, 2.05) is 4.90 Å². The molecule has 0 spiro atoms. The van der Waals surface area contributed by atoms with E-state index in [0.29, 0.717) is 6.42 Å². The van der Waals surface area contributed by atoms with Gasteiger partial charge in [0.05, 0.1) is 0 Å². The standard InChI is InChI=1S/C15H31N3O/c1-3-5-8-17(9-6-4-2)10-7-11-18-13-14(16)12-15(18)19/h14H,3-13,16H2,1-2H3. The molecule has 1 aliphatic heterocycles. The van der Waals surface area contributed by atoms with E-state index < -0.39 is 0 Å². The highest BCUT2D eigenvalue weighted by Gasteiger charge is 2.26. The number of carbonyl (C=O) groups excluding carboxylic acids is 1. The number of unbranched alkanes of at least 4 members (excludes halogenated alkanes) is 2. The van der Waals surface area contributed by atoms with Crippen LogP contribution in [-0.4, -0.2) is 54.5 Å². The van der Waals surface area contributed by atoms with Crippen LogP contribution in [0.2, 0.25) is 0 Å². The summed E-state index contributed by atoms with van der Waals surface area (Å²) < 4.78 is 0. The van der Waals surface area contributed by atoms with Gasteiger partial charge >= 0.3 is 0 Å². The van der Waals surface area contributed by atoms with E-state index in [2.05, 4.69) is 18.7 Å². The Morgan fingerprint density at radius 2 is 1.74 bits per heavy atom. The highest BCUT2D eigenvalue weighted by Crippen LogP contribution is 2.10. The van der Waals surface area contributed by atoms with Gasteiger partial charge in [-0.1, -0.05) is 26.7 Å². The minimum absolute atomic E-state index is 0.0591. The Balaban J connectivity index is 2.21. The topological polar surface area (TPSA) is 49.6 Å². The van der Waals surface area contributed by atoms with Crippen molar-refractivity contribution in [1.29, 1.82) is 0 Å². The third-order valence-electron chi connectivity index (χ3n) is 3.80. The molecule has 2 N–H and O–H groups in total. The van der Waals surface area contributed by atoms with Crippen LogP contribution in [-0.2, 0) is 4.79 Å². The van der Waals surface area contributed by atoms with E-state index in [-0.39, 0.29) is 11.9 Å². The zero-order valence-electron chi connectivity index (χ0n) is 12.7. The van der Waals surface area contributed by atoms with Gasteiger partial charge in [0.1, 0.15) is 0 Å². The van der Waals surface area contributed by atoms with Crippen molar-refractivity contribution in [2.75, 3.05) is 32.7 Å². The lowest BCUT2D eigenvalue weighted by Gasteiger charge is -2.23. The SMILES string of the molecule is CCCCN(CCCC)CCCN1CC(N)CC1=O. The van der Waals surface area contributed by atoms with Gasteiger partial charge in [-0.25, -0.2) is 0 Å². The van der Waals surface area contributed by atoms with Crippen LogP contribution in [0.4, 0.5) is 0 Å². The van der Waals surface area contributed by atoms with Gasteiger partial charge in [0.15, 0.2) is 0 Å². The quantitative estimate of drug-likeness (QED) is 0.658. The molecule has 4 heteroatoms. The van der Waals surface area contributed by atoms with Crippen LogP contribution in [0.3, 0.4) is 0 Å². The van der Waals surface area contributed by atoms with E-state index in [1.54, 1.807) is 0 Å². The molecule has 1 aliphatic rings. The Labute approximate surface area is 118 Å². The summed E-state index contributed by atoms with van der Waals surface area (Å²) in [5, 5.41) is 0. The van der Waals surface area contributed by atoms with Crippen molar-refractivity contribution >= 4 is 5.91 Å². The number of hydrogen-bond acceptors (Lipinski definition) is 3. The van der Waals surface area contributed by atoms with Gasteiger partial charge in [0.25, 0.3) is 0 Å². The summed E-state index contributed by atoms with van der Waals surface area (Å²) in [6.45, 7) is 9.61. The summed E-state index contributed by atoms with van der Waals surface area (Å²) in [4.78, 5) is 16.1. The molecule has 1 fully saturated rings. The molecule has 0 aromatic carbocycles. The maximum Gasteiger partial charge on any atom is 0.224 e. The molecule has 1 atom stereocenters. The molecular formula is C15H31N3O. The lowest BCUT2D eigenvalue weighted by Crippen LogP contribution is -2.33. The number of amides is 1. The molecule has 0 radical (unpaired) electrons. The Morgan fingerprint density at radius 1 is 1.16 bits per heavy atom. The first-order chi connectivity index (χ1) is 9.17. The molecular weight excluding hydrogens is 238 g/mol. The van der Waals surface area contributed by atoms with Gasteiger partial charge in [0, 0.05) is 25.6 Å². The molecule has 0 aliphatic carbocycles. The van der Waals surface area contributed by atoms with Crippen molar-refractivity contribution in [3.05, 3.63) is 0 Å². The molecule has 1 amide bonds. The van der Waals surface area contributed by atoms with Gasteiger partial charge in [-0.15, -0.1) is 0 Å². The van der Waals surface area contributed by atoms with Gasteiger partial charge in [-0.3, -0.25) is 4.79 Å². The van der Waals surface area contributed by atoms with Crippen LogP contribution in [0.25, 0.3) is 0 Å². The highest BCUT2D eigenvalue weighted by molar-refractivity contribution is 5.79. The molecule has 0 saturated carbocycles. The number of carbonyl (C=O) groups is 1. The van der Waals surface area contributed by atoms with Crippen LogP contribution in [0.5, 0.6) is 0 Å². The van der Waals surface area contributed by atoms with Gasteiger partial charge in [-0.2, -0.15) is 0 Å². The van der Waals surface area contributed by atoms with Gasteiger partial charge < -0.3 is 15.5 Å². The summed E-state index contributed by atoms with van der Waals surface area (Å²) in [5.74, 6) is 0.237. The fraction of sp³-hybridized carbons (Fsp3) is 0.933. The Morgan fingerprint density at radius 3 is 2.21 bits per heavy atom. The first-order valence-corrected chi connectivity index (χ1v) is 7.93. The van der Waals surface area contributed by atoms with E-state index in [0.717, 1.165) is 26.1 Å². The number of likely N-dealkylation sites (tertiary alicyclic amines) is 1. The molecule has 1 heterocycles. The van der Waals surface area contributed by atoms with E-state index in [1.165, 1.54) is 38.8 Å². The Kier molecular flexibility index (Phi) is 8.07. The summed E-state index contributed by atoms with van der Waals surface area (Å²) in [7, 11) is 0. The molecule has 112 valence electrons. The lowest BCUT2D eigenvalue weighted by atomic mass is 10.2. The average Bonchev–Trinajstić information content (AvgIpc) is 2.70. The average molecular weight is 269 g/mol. The molecule has 4 nitrogen and oxygen atoms in total. The predicted octanol–water partition coefficient (Wildman–Crippen LogP) is 1.84. The van der Waals surface area contributed by atoms with E-state index >= 15 is 0 Å². The molecule has 0 bridgehead atoms. The largest absolute Gasteiger partial charge is 0.341 e. The fourth-order valence-corrected chi connectivity index (χ4v) is 2.60. The monoisotopic (exact) mass is 269 g/mol. The number of nitrogens with zero attached hydrogens (tertiary/aromatic N) is 2. The summed E-state index contributed by atoms with van der Waals surface area (Å²) in [5.41, 5.74) is 5.81. The number of hydrogen-bond donors (Lipinski definition) is 1. The molecule has 1 unspecified atom stereocenters. The van der Waals surface area contributed by atoms with Gasteiger partial charge in [0.2, 0.25) is 5.91 Å². The molecule has 0 aromatic rings. The highest BCUT2D eigenvalue weighted by atomic mass is 16.2. The Hall–Kier alpha value is -0.610. The minimum Gasteiger partial charge on any atom is -0.341 e. The fourth-order valence-electron chi connectivity index (χ4n) is 2.60. The zero-order chi connectivity index (χ0) is 14.1. The number of nitrogens with two attached hydrogens (primary N) is 1. The maximum absolute atomic E-state index is 11.6. The van der Waals surface area contributed by atoms with Crippen molar-refractivity contribution in [3.8, 4) is 0 Å². The molecule has 19 heavy (non-hydrogen) atoms. The van der Waals surface area contributed by atoms with Crippen molar-refractivity contribution in [2.24, 2.45) is 5.73 Å².